The van der Waals surface area contributed by atoms with E-state index in [9.17, 15) is 0 Å². The first kappa shape index (κ1) is 10.7. The second-order valence-corrected chi connectivity index (χ2v) is 9.42. The summed E-state index contributed by atoms with van der Waals surface area (Å²) >= 11 is 0. The zero-order valence-electron chi connectivity index (χ0n) is 8.27. The third-order valence-electron chi connectivity index (χ3n) is 1.23. The third kappa shape index (κ3) is 7.59. The second kappa shape index (κ2) is 4.54. The lowest BCUT2D eigenvalue weighted by molar-refractivity contribution is 0.185. The van der Waals surface area contributed by atoms with Crippen molar-refractivity contribution in [1.29, 1.82) is 0 Å². The maximum absolute atomic E-state index is 5.20. The monoisotopic (exact) mass is 173 g/mol. The van der Waals surface area contributed by atoms with Gasteiger partial charge in [0.05, 0.1) is 13.8 Å². The van der Waals surface area contributed by atoms with Gasteiger partial charge in [-0.1, -0.05) is 31.7 Å². The quantitative estimate of drug-likeness (QED) is 0.364. The molecule has 0 aliphatic rings. The van der Waals surface area contributed by atoms with Gasteiger partial charge in [0.25, 0.3) is 0 Å². The van der Waals surface area contributed by atoms with E-state index in [0.29, 0.717) is 0 Å². The molecule has 0 saturated heterocycles. The van der Waals surface area contributed by atoms with Gasteiger partial charge in [0.15, 0.2) is 0 Å². The summed E-state index contributed by atoms with van der Waals surface area (Å²) in [6.07, 6.45) is 1.80. The molecule has 0 heterocycles. The molecule has 0 N–H and O–H groups in total. The van der Waals surface area contributed by atoms with Crippen LogP contribution >= 0.6 is 0 Å². The summed E-state index contributed by atoms with van der Waals surface area (Å²) in [5.41, 5.74) is 1.07. The van der Waals surface area contributed by atoms with Gasteiger partial charge in [-0.25, -0.2) is 0 Å². The van der Waals surface area contributed by atoms with Crippen molar-refractivity contribution >= 4 is 13.8 Å². The molecule has 0 aromatic rings. The van der Waals surface area contributed by atoms with E-state index in [1.54, 1.807) is 0 Å². The van der Waals surface area contributed by atoms with Crippen molar-refractivity contribution in [2.45, 2.75) is 39.9 Å². The van der Waals surface area contributed by atoms with E-state index in [0.717, 1.165) is 18.4 Å². The number of nitrogens with zero attached hydrogens (tertiary/aromatic N) is 1. The van der Waals surface area contributed by atoms with E-state index in [-0.39, 0.29) is 0 Å². The Kier molecular flexibility index (Phi) is 4.41. The van der Waals surface area contributed by atoms with Crippen LogP contribution in [0.2, 0.25) is 19.6 Å². The normalized spacial score (nSPS) is 13.4. The largest absolute Gasteiger partial charge is 0.400 e. The minimum absolute atomic E-state index is 0.824. The lowest BCUT2D eigenvalue weighted by Crippen LogP contribution is -2.27. The van der Waals surface area contributed by atoms with Crippen LogP contribution in [0.4, 0.5) is 0 Å². The molecule has 0 amide bonds. The highest BCUT2D eigenvalue weighted by Gasteiger charge is 2.13. The molecule has 0 radical (unpaired) electrons. The van der Waals surface area contributed by atoms with Crippen molar-refractivity contribution in [3.05, 3.63) is 0 Å². The maximum Gasteiger partial charge on any atom is 0.105 e. The molecule has 0 bridgehead atoms. The van der Waals surface area contributed by atoms with Gasteiger partial charge in [-0.05, 0) is 13.3 Å². The highest BCUT2D eigenvalue weighted by atomic mass is 28.3. The highest BCUT2D eigenvalue weighted by molar-refractivity contribution is 6.76. The van der Waals surface area contributed by atoms with Gasteiger partial charge in [-0.2, -0.15) is 0 Å². The Balaban J connectivity index is 3.57. The fourth-order valence-corrected chi connectivity index (χ4v) is 0.853. The smallest absolute Gasteiger partial charge is 0.105 e. The lowest BCUT2D eigenvalue weighted by Gasteiger charge is -2.12. The van der Waals surface area contributed by atoms with Crippen molar-refractivity contribution in [3.8, 4) is 0 Å². The zero-order valence-corrected chi connectivity index (χ0v) is 9.27. The topological polar surface area (TPSA) is 21.6 Å². The van der Waals surface area contributed by atoms with Gasteiger partial charge in [0.2, 0.25) is 0 Å². The van der Waals surface area contributed by atoms with Gasteiger partial charge in [0, 0.05) is 0 Å². The van der Waals surface area contributed by atoms with E-state index < -0.39 is 8.07 Å². The number of rotatable bonds is 4. The molecule has 0 fully saturated rings. The van der Waals surface area contributed by atoms with Gasteiger partial charge in [-0.3, -0.25) is 0 Å². The Morgan fingerprint density at radius 2 is 1.91 bits per heavy atom. The fraction of sp³-hybridized carbons (Fsp3) is 0.875. The Morgan fingerprint density at radius 1 is 1.36 bits per heavy atom. The van der Waals surface area contributed by atoms with E-state index in [2.05, 4.69) is 31.7 Å². The Hall–Kier alpha value is -0.313. The molecule has 0 aromatic carbocycles. The predicted octanol–water partition coefficient (Wildman–Crippen LogP) is 2.67. The molecule has 2 nitrogen and oxygen atoms in total. The summed E-state index contributed by atoms with van der Waals surface area (Å²) in [4.78, 5) is 5.20. The van der Waals surface area contributed by atoms with Gasteiger partial charge in [-0.15, -0.1) is 0 Å². The average Bonchev–Trinajstić information content (AvgIpc) is 1.85. The Morgan fingerprint density at radius 3 is 2.27 bits per heavy atom. The van der Waals surface area contributed by atoms with Crippen LogP contribution in [-0.2, 0) is 4.84 Å². The number of hydrogen-bond donors (Lipinski definition) is 0. The van der Waals surface area contributed by atoms with E-state index in [1.807, 2.05) is 6.92 Å². The standard InChI is InChI=1S/C8H19NOSi/c1-6-8(2)9-10-7-11(3,4)5/h6-7H2,1-5H3/b9-8+. The molecule has 0 aromatic heterocycles. The summed E-state index contributed by atoms with van der Waals surface area (Å²) in [7, 11) is -1.07. The SMILES string of the molecule is CC/C(C)=N/OC[Si](C)(C)C. The number of oxime groups is 1. The summed E-state index contributed by atoms with van der Waals surface area (Å²) in [5, 5.41) is 3.98. The minimum Gasteiger partial charge on any atom is -0.400 e. The zero-order chi connectivity index (χ0) is 8.91. The molecular formula is C8H19NOSi. The first-order chi connectivity index (χ1) is 4.95. The molecule has 11 heavy (non-hydrogen) atoms. The molecule has 0 atom stereocenters. The molecule has 0 aliphatic carbocycles. The van der Waals surface area contributed by atoms with Crippen LogP contribution in [0.1, 0.15) is 20.3 Å². The summed E-state index contributed by atoms with van der Waals surface area (Å²) in [5.74, 6) is 0. The molecule has 0 aliphatic heterocycles. The van der Waals surface area contributed by atoms with Crippen molar-refractivity contribution in [1.82, 2.24) is 0 Å². The van der Waals surface area contributed by atoms with Crippen LogP contribution in [0.3, 0.4) is 0 Å². The molecule has 3 heteroatoms. The first-order valence-corrected chi connectivity index (χ1v) is 7.82. The second-order valence-electron chi connectivity index (χ2n) is 4.01. The Labute approximate surface area is 70.6 Å². The molecular weight excluding hydrogens is 154 g/mol. The molecule has 0 rings (SSSR count). The summed E-state index contributed by atoms with van der Waals surface area (Å²) in [6, 6.07) is 0. The minimum atomic E-state index is -1.07. The van der Waals surface area contributed by atoms with Crippen molar-refractivity contribution in [2.75, 3.05) is 6.23 Å². The van der Waals surface area contributed by atoms with Crippen molar-refractivity contribution in [2.24, 2.45) is 5.16 Å². The Bertz CT molecular complexity index is 138. The van der Waals surface area contributed by atoms with Crippen LogP contribution in [0.25, 0.3) is 0 Å². The third-order valence-corrected chi connectivity index (χ3v) is 2.22. The van der Waals surface area contributed by atoms with Crippen LogP contribution in [-0.4, -0.2) is 20.0 Å². The van der Waals surface area contributed by atoms with Gasteiger partial charge in [0.1, 0.15) is 6.23 Å². The molecule has 0 saturated carbocycles. The number of hydrogen-bond acceptors (Lipinski definition) is 2. The van der Waals surface area contributed by atoms with Crippen LogP contribution in [0.15, 0.2) is 5.16 Å². The average molecular weight is 173 g/mol. The predicted molar refractivity (Wildman–Crippen MR) is 52.7 cm³/mol. The first-order valence-electron chi connectivity index (χ1n) is 4.11. The molecule has 0 spiro atoms. The molecule has 66 valence electrons. The van der Waals surface area contributed by atoms with Crippen molar-refractivity contribution < 1.29 is 4.84 Å². The van der Waals surface area contributed by atoms with Gasteiger partial charge >= 0.3 is 0 Å². The maximum atomic E-state index is 5.20. The van der Waals surface area contributed by atoms with E-state index in [4.69, 9.17) is 4.84 Å². The van der Waals surface area contributed by atoms with E-state index in [1.165, 1.54) is 0 Å². The van der Waals surface area contributed by atoms with Crippen molar-refractivity contribution in [3.63, 3.8) is 0 Å². The molecule has 0 unspecified atom stereocenters. The summed E-state index contributed by atoms with van der Waals surface area (Å²) < 4.78 is 0. The van der Waals surface area contributed by atoms with Crippen LogP contribution in [0.5, 0.6) is 0 Å². The van der Waals surface area contributed by atoms with Crippen LogP contribution in [0, 0.1) is 0 Å². The fourth-order valence-electron chi connectivity index (χ4n) is 0.401. The lowest BCUT2D eigenvalue weighted by atomic mass is 10.3. The summed E-state index contributed by atoms with van der Waals surface area (Å²) in [6.45, 7) is 10.9. The van der Waals surface area contributed by atoms with E-state index >= 15 is 0 Å². The van der Waals surface area contributed by atoms with Crippen LogP contribution < -0.4 is 0 Å². The highest BCUT2D eigenvalue weighted by Crippen LogP contribution is 2.00. The van der Waals surface area contributed by atoms with Gasteiger partial charge < -0.3 is 4.84 Å².